The Hall–Kier alpha value is -1.89. The predicted octanol–water partition coefficient (Wildman–Crippen LogP) is 3.33. The van der Waals surface area contributed by atoms with Gasteiger partial charge in [-0.1, -0.05) is 42.2 Å². The van der Waals surface area contributed by atoms with Crippen molar-refractivity contribution in [2.45, 2.75) is 10.6 Å². The first-order valence-corrected chi connectivity index (χ1v) is 7.27. The van der Waals surface area contributed by atoms with Crippen molar-refractivity contribution in [3.63, 3.8) is 0 Å². The first kappa shape index (κ1) is 14.5. The van der Waals surface area contributed by atoms with Crippen molar-refractivity contribution in [1.29, 1.82) is 0 Å². The molecule has 0 aliphatic heterocycles. The highest BCUT2D eigenvalue weighted by Gasteiger charge is 2.04. The summed E-state index contributed by atoms with van der Waals surface area (Å²) in [6.07, 6.45) is 0. The van der Waals surface area contributed by atoms with Gasteiger partial charge in [0.1, 0.15) is 12.4 Å². The SMILES string of the molecule is COc1ccccc1SCc1ccccc1C#CCO. The van der Waals surface area contributed by atoms with Gasteiger partial charge >= 0.3 is 0 Å². The number of aliphatic hydroxyl groups is 1. The lowest BCUT2D eigenvalue weighted by molar-refractivity contribution is 0.350. The number of rotatable bonds is 4. The van der Waals surface area contributed by atoms with Gasteiger partial charge in [0.15, 0.2) is 0 Å². The van der Waals surface area contributed by atoms with Crippen LogP contribution in [0.5, 0.6) is 5.75 Å². The van der Waals surface area contributed by atoms with Gasteiger partial charge in [-0.15, -0.1) is 11.8 Å². The van der Waals surface area contributed by atoms with Gasteiger partial charge in [-0.25, -0.2) is 0 Å². The van der Waals surface area contributed by atoms with Crippen molar-refractivity contribution in [3.8, 4) is 17.6 Å². The number of benzene rings is 2. The highest BCUT2D eigenvalue weighted by atomic mass is 32.2. The molecular weight excluding hydrogens is 268 g/mol. The van der Waals surface area contributed by atoms with Gasteiger partial charge < -0.3 is 9.84 Å². The number of aliphatic hydroxyl groups excluding tert-OH is 1. The van der Waals surface area contributed by atoms with Crippen molar-refractivity contribution in [2.24, 2.45) is 0 Å². The van der Waals surface area contributed by atoms with Crippen molar-refractivity contribution in [3.05, 3.63) is 59.7 Å². The van der Waals surface area contributed by atoms with Crippen molar-refractivity contribution >= 4 is 11.8 Å². The van der Waals surface area contributed by atoms with Crippen LogP contribution in [0.1, 0.15) is 11.1 Å². The van der Waals surface area contributed by atoms with Crippen molar-refractivity contribution in [2.75, 3.05) is 13.7 Å². The minimum Gasteiger partial charge on any atom is -0.496 e. The lowest BCUT2D eigenvalue weighted by Gasteiger charge is -2.08. The molecule has 0 aromatic heterocycles. The van der Waals surface area contributed by atoms with Crippen LogP contribution in [-0.2, 0) is 5.75 Å². The molecule has 0 bridgehead atoms. The van der Waals surface area contributed by atoms with Crippen LogP contribution in [0.4, 0.5) is 0 Å². The molecule has 2 aromatic rings. The summed E-state index contributed by atoms with van der Waals surface area (Å²) in [5.41, 5.74) is 2.12. The third kappa shape index (κ3) is 3.80. The fourth-order valence-electron chi connectivity index (χ4n) is 1.80. The normalized spacial score (nSPS) is 9.70. The molecule has 1 N–H and O–H groups in total. The smallest absolute Gasteiger partial charge is 0.132 e. The van der Waals surface area contributed by atoms with E-state index in [0.29, 0.717) is 0 Å². The van der Waals surface area contributed by atoms with Gasteiger partial charge in [0.2, 0.25) is 0 Å². The molecular formula is C17H16O2S. The van der Waals surface area contributed by atoms with E-state index in [1.165, 1.54) is 0 Å². The minimum atomic E-state index is -0.117. The predicted molar refractivity (Wildman–Crippen MR) is 83.0 cm³/mol. The van der Waals surface area contributed by atoms with Crippen LogP contribution in [0.3, 0.4) is 0 Å². The Balaban J connectivity index is 2.15. The molecule has 0 unspecified atom stereocenters. The zero-order valence-electron chi connectivity index (χ0n) is 11.3. The van der Waals surface area contributed by atoms with E-state index in [1.807, 2.05) is 42.5 Å². The van der Waals surface area contributed by atoms with Crippen molar-refractivity contribution < 1.29 is 9.84 Å². The lowest BCUT2D eigenvalue weighted by Crippen LogP contribution is -1.89. The monoisotopic (exact) mass is 284 g/mol. The molecule has 20 heavy (non-hydrogen) atoms. The van der Waals surface area contributed by atoms with Gasteiger partial charge in [-0.2, -0.15) is 0 Å². The molecule has 0 saturated heterocycles. The Kier molecular flexibility index (Phi) is 5.55. The standard InChI is InChI=1S/C17H16O2S/c1-19-16-10-4-5-11-17(16)20-13-15-8-3-2-7-14(15)9-6-12-18/h2-5,7-8,10-11,18H,12-13H2,1H3. The van der Waals surface area contributed by atoms with Crippen LogP contribution in [0.25, 0.3) is 0 Å². The first-order valence-electron chi connectivity index (χ1n) is 6.28. The summed E-state index contributed by atoms with van der Waals surface area (Å²) < 4.78 is 5.35. The summed E-state index contributed by atoms with van der Waals surface area (Å²) in [6.45, 7) is -0.117. The van der Waals surface area contributed by atoms with E-state index >= 15 is 0 Å². The molecule has 0 heterocycles. The Bertz CT molecular complexity index is 626. The molecule has 2 rings (SSSR count). The quantitative estimate of drug-likeness (QED) is 0.690. The average Bonchev–Trinajstić information content (AvgIpc) is 2.52. The van der Waals surface area contributed by atoms with Crippen LogP contribution < -0.4 is 4.74 Å². The summed E-state index contributed by atoms with van der Waals surface area (Å²) in [5.74, 6) is 7.38. The Morgan fingerprint density at radius 2 is 1.85 bits per heavy atom. The summed E-state index contributed by atoms with van der Waals surface area (Å²) >= 11 is 1.72. The zero-order chi connectivity index (χ0) is 14.2. The maximum absolute atomic E-state index is 8.80. The number of ether oxygens (including phenoxy) is 1. The average molecular weight is 284 g/mol. The van der Waals surface area contributed by atoms with E-state index in [9.17, 15) is 0 Å². The third-order valence-corrected chi connectivity index (χ3v) is 3.88. The Morgan fingerprint density at radius 3 is 2.65 bits per heavy atom. The molecule has 0 saturated carbocycles. The Morgan fingerprint density at radius 1 is 1.10 bits per heavy atom. The number of hydrogen-bond acceptors (Lipinski definition) is 3. The second kappa shape index (κ2) is 7.64. The number of hydrogen-bond donors (Lipinski definition) is 1. The second-order valence-corrected chi connectivity index (χ2v) is 5.07. The van der Waals surface area contributed by atoms with Crippen LogP contribution in [0.15, 0.2) is 53.4 Å². The fourth-order valence-corrected chi connectivity index (χ4v) is 2.83. The maximum Gasteiger partial charge on any atom is 0.132 e. The molecule has 0 amide bonds. The van der Waals surface area contributed by atoms with Crippen LogP contribution in [0.2, 0.25) is 0 Å². The van der Waals surface area contributed by atoms with Gasteiger partial charge in [-0.3, -0.25) is 0 Å². The third-order valence-electron chi connectivity index (χ3n) is 2.77. The van der Waals surface area contributed by atoms with Gasteiger partial charge in [0, 0.05) is 16.2 Å². The molecule has 0 atom stereocenters. The number of thioether (sulfide) groups is 1. The highest BCUT2D eigenvalue weighted by molar-refractivity contribution is 7.98. The molecule has 3 heteroatoms. The topological polar surface area (TPSA) is 29.5 Å². The van der Waals surface area contributed by atoms with Crippen LogP contribution in [-0.4, -0.2) is 18.8 Å². The summed E-state index contributed by atoms with van der Waals surface area (Å²) in [5, 5.41) is 8.80. The molecule has 0 fully saturated rings. The number of methoxy groups -OCH3 is 1. The zero-order valence-corrected chi connectivity index (χ0v) is 12.1. The molecule has 2 nitrogen and oxygen atoms in total. The fraction of sp³-hybridized carbons (Fsp3) is 0.176. The molecule has 102 valence electrons. The summed E-state index contributed by atoms with van der Waals surface area (Å²) in [6, 6.07) is 16.0. The lowest BCUT2D eigenvalue weighted by atomic mass is 10.1. The molecule has 0 radical (unpaired) electrons. The molecule has 2 aromatic carbocycles. The van der Waals surface area contributed by atoms with Gasteiger partial charge in [0.25, 0.3) is 0 Å². The molecule has 0 spiro atoms. The largest absolute Gasteiger partial charge is 0.496 e. The van der Waals surface area contributed by atoms with E-state index in [0.717, 1.165) is 27.5 Å². The van der Waals surface area contributed by atoms with E-state index < -0.39 is 0 Å². The molecule has 0 aliphatic carbocycles. The second-order valence-electron chi connectivity index (χ2n) is 4.06. The minimum absolute atomic E-state index is 0.117. The van der Waals surface area contributed by atoms with Gasteiger partial charge in [0.05, 0.1) is 7.11 Å². The van der Waals surface area contributed by atoms with Gasteiger partial charge in [-0.05, 0) is 23.8 Å². The summed E-state index contributed by atoms with van der Waals surface area (Å²) in [4.78, 5) is 1.11. The number of para-hydroxylation sites is 1. The Labute approximate surface area is 123 Å². The summed E-state index contributed by atoms with van der Waals surface area (Å²) in [7, 11) is 1.68. The van der Waals surface area contributed by atoms with Crippen LogP contribution in [0, 0.1) is 11.8 Å². The molecule has 0 aliphatic rings. The van der Waals surface area contributed by atoms with Crippen molar-refractivity contribution in [1.82, 2.24) is 0 Å². The van der Waals surface area contributed by atoms with E-state index in [1.54, 1.807) is 18.9 Å². The first-order chi connectivity index (χ1) is 9.85. The van der Waals surface area contributed by atoms with E-state index in [2.05, 4.69) is 17.9 Å². The highest BCUT2D eigenvalue weighted by Crippen LogP contribution is 2.31. The van der Waals surface area contributed by atoms with E-state index in [-0.39, 0.29) is 6.61 Å². The maximum atomic E-state index is 8.80. The van der Waals surface area contributed by atoms with E-state index in [4.69, 9.17) is 9.84 Å². The van der Waals surface area contributed by atoms with Crippen LogP contribution >= 0.6 is 11.8 Å².